The molecule has 1 unspecified atom stereocenters. The fourth-order valence-corrected chi connectivity index (χ4v) is 7.20. The van der Waals surface area contributed by atoms with Crippen LogP contribution in [0.1, 0.15) is 40.8 Å². The molecule has 4 nitrogen and oxygen atoms in total. The van der Waals surface area contributed by atoms with Gasteiger partial charge in [0.25, 0.3) is 0 Å². The SMILES string of the molecule is Cc1ccc(-c2c(C)c3c(c(C)c2CC(=O)O)N(S(C)(C)C)C(C)c2cccc(O)c2-3)cc1. The smallest absolute Gasteiger partial charge is 0.307 e. The lowest BCUT2D eigenvalue weighted by Crippen LogP contribution is -2.33. The van der Waals surface area contributed by atoms with Crippen molar-refractivity contribution in [1.82, 2.24) is 0 Å². The number of aromatic hydroxyl groups is 1. The average molecular weight is 464 g/mol. The quantitative estimate of drug-likeness (QED) is 0.448. The first-order valence-electron chi connectivity index (χ1n) is 11.2. The first-order valence-corrected chi connectivity index (χ1v) is 14.0. The molecule has 0 aromatic heterocycles. The molecule has 33 heavy (non-hydrogen) atoms. The topological polar surface area (TPSA) is 60.8 Å². The molecule has 5 heteroatoms. The summed E-state index contributed by atoms with van der Waals surface area (Å²) >= 11 is 0. The van der Waals surface area contributed by atoms with E-state index in [1.807, 2.05) is 19.9 Å². The van der Waals surface area contributed by atoms with Crippen LogP contribution in [0.3, 0.4) is 0 Å². The summed E-state index contributed by atoms with van der Waals surface area (Å²) in [6.07, 6.45) is 6.75. The summed E-state index contributed by atoms with van der Waals surface area (Å²) in [6, 6.07) is 14.1. The lowest BCUT2D eigenvalue weighted by molar-refractivity contribution is -0.136. The van der Waals surface area contributed by atoms with Gasteiger partial charge in [0.05, 0.1) is 18.2 Å². The number of aliphatic carboxylic acids is 1. The number of hydrogen-bond donors (Lipinski definition) is 2. The van der Waals surface area contributed by atoms with E-state index in [9.17, 15) is 15.0 Å². The molecule has 0 saturated carbocycles. The van der Waals surface area contributed by atoms with E-state index in [4.69, 9.17) is 0 Å². The van der Waals surface area contributed by atoms with Crippen molar-refractivity contribution in [3.05, 3.63) is 70.3 Å². The van der Waals surface area contributed by atoms with E-state index in [1.54, 1.807) is 6.07 Å². The molecule has 0 fully saturated rings. The van der Waals surface area contributed by atoms with Crippen LogP contribution in [0.2, 0.25) is 0 Å². The minimum atomic E-state index is -1.21. The van der Waals surface area contributed by atoms with Crippen LogP contribution in [0.5, 0.6) is 5.75 Å². The van der Waals surface area contributed by atoms with E-state index in [0.29, 0.717) is 0 Å². The second kappa shape index (κ2) is 8.14. The molecule has 0 aliphatic carbocycles. The van der Waals surface area contributed by atoms with Crippen LogP contribution >= 0.6 is 10.2 Å². The Balaban J connectivity index is 2.20. The Hall–Kier alpha value is -2.92. The number of aryl methyl sites for hydroxylation is 1. The normalized spacial score (nSPS) is 15.7. The monoisotopic (exact) mass is 463 g/mol. The highest BCUT2D eigenvalue weighted by atomic mass is 32.3. The van der Waals surface area contributed by atoms with Crippen LogP contribution in [0.25, 0.3) is 22.3 Å². The number of anilines is 1. The number of fused-ring (bicyclic) bond motifs is 3. The molecule has 0 saturated heterocycles. The predicted molar refractivity (Wildman–Crippen MR) is 141 cm³/mol. The number of carboxylic acids is 1. The molecule has 0 spiro atoms. The minimum absolute atomic E-state index is 0.0432. The Morgan fingerprint density at radius 1 is 0.939 bits per heavy atom. The highest BCUT2D eigenvalue weighted by Crippen LogP contribution is 2.61. The van der Waals surface area contributed by atoms with Crippen molar-refractivity contribution in [3.63, 3.8) is 0 Å². The maximum Gasteiger partial charge on any atom is 0.307 e. The number of phenolic OH excluding ortho intramolecular Hbond substituents is 1. The zero-order valence-electron chi connectivity index (χ0n) is 20.5. The summed E-state index contributed by atoms with van der Waals surface area (Å²) in [5.41, 5.74) is 10.0. The van der Waals surface area contributed by atoms with Crippen LogP contribution in [0.4, 0.5) is 5.69 Å². The fraction of sp³-hybridized carbons (Fsp3) is 0.321. The maximum absolute atomic E-state index is 12.0. The largest absolute Gasteiger partial charge is 0.507 e. The third-order valence-electron chi connectivity index (χ3n) is 6.70. The third kappa shape index (κ3) is 3.78. The van der Waals surface area contributed by atoms with Crippen LogP contribution < -0.4 is 4.31 Å². The Morgan fingerprint density at radius 3 is 2.15 bits per heavy atom. The average Bonchev–Trinajstić information content (AvgIpc) is 2.72. The van der Waals surface area contributed by atoms with Gasteiger partial charge in [-0.1, -0.05) is 42.0 Å². The number of nitrogens with zero attached hydrogens (tertiary/aromatic N) is 1. The molecule has 3 aromatic rings. The zero-order chi connectivity index (χ0) is 24.2. The summed E-state index contributed by atoms with van der Waals surface area (Å²) in [6.45, 7) is 8.34. The third-order valence-corrected chi connectivity index (χ3v) is 8.38. The molecule has 174 valence electrons. The minimum Gasteiger partial charge on any atom is -0.507 e. The van der Waals surface area contributed by atoms with Crippen molar-refractivity contribution in [2.24, 2.45) is 0 Å². The lowest BCUT2D eigenvalue weighted by atomic mass is 9.79. The highest BCUT2D eigenvalue weighted by molar-refractivity contribution is 8.33. The summed E-state index contributed by atoms with van der Waals surface area (Å²) in [7, 11) is -1.21. The molecule has 0 amide bonds. The summed E-state index contributed by atoms with van der Waals surface area (Å²) < 4.78 is 2.47. The Labute approximate surface area is 198 Å². The lowest BCUT2D eigenvalue weighted by Gasteiger charge is -2.51. The zero-order valence-corrected chi connectivity index (χ0v) is 21.3. The molecule has 1 aliphatic rings. The van der Waals surface area contributed by atoms with Gasteiger partial charge in [0, 0.05) is 11.1 Å². The van der Waals surface area contributed by atoms with Gasteiger partial charge in [-0.2, -0.15) is 10.2 Å². The number of benzene rings is 3. The van der Waals surface area contributed by atoms with Gasteiger partial charge in [0.2, 0.25) is 0 Å². The highest BCUT2D eigenvalue weighted by Gasteiger charge is 2.38. The number of carboxylic acid groups (broad SMARTS) is 1. The van der Waals surface area contributed by atoms with Gasteiger partial charge in [0.15, 0.2) is 0 Å². The number of carbonyl (C=O) groups is 1. The van der Waals surface area contributed by atoms with Gasteiger partial charge in [-0.25, -0.2) is 0 Å². The van der Waals surface area contributed by atoms with Crippen LogP contribution in [0.15, 0.2) is 42.5 Å². The molecule has 1 heterocycles. The van der Waals surface area contributed by atoms with E-state index < -0.39 is 16.2 Å². The van der Waals surface area contributed by atoms with E-state index in [-0.39, 0.29) is 18.2 Å². The fourth-order valence-electron chi connectivity index (χ4n) is 5.36. The van der Waals surface area contributed by atoms with Crippen molar-refractivity contribution in [1.29, 1.82) is 0 Å². The summed E-state index contributed by atoms with van der Waals surface area (Å²) in [4.78, 5) is 12.0. The second-order valence-electron chi connectivity index (χ2n) is 9.78. The van der Waals surface area contributed by atoms with Gasteiger partial charge in [-0.15, -0.1) is 0 Å². The van der Waals surface area contributed by atoms with Crippen LogP contribution in [-0.2, 0) is 11.2 Å². The van der Waals surface area contributed by atoms with Crippen molar-refractivity contribution in [2.75, 3.05) is 23.1 Å². The van der Waals surface area contributed by atoms with Crippen molar-refractivity contribution in [3.8, 4) is 28.0 Å². The molecule has 3 aromatic carbocycles. The van der Waals surface area contributed by atoms with Gasteiger partial charge in [0.1, 0.15) is 5.75 Å². The van der Waals surface area contributed by atoms with Crippen LogP contribution in [-0.4, -0.2) is 34.9 Å². The van der Waals surface area contributed by atoms with E-state index in [0.717, 1.165) is 55.8 Å². The first-order chi connectivity index (χ1) is 15.4. The van der Waals surface area contributed by atoms with Crippen molar-refractivity contribution < 1.29 is 15.0 Å². The second-order valence-corrected chi connectivity index (χ2v) is 13.7. The Morgan fingerprint density at radius 2 is 1.58 bits per heavy atom. The molecule has 0 bridgehead atoms. The van der Waals surface area contributed by atoms with E-state index in [2.05, 4.69) is 67.3 Å². The molecule has 1 aliphatic heterocycles. The van der Waals surface area contributed by atoms with Gasteiger partial charge < -0.3 is 14.5 Å². The maximum atomic E-state index is 12.0. The van der Waals surface area contributed by atoms with Gasteiger partial charge in [-0.05, 0) is 85.9 Å². The molecular formula is C28H33NO3S. The van der Waals surface area contributed by atoms with Gasteiger partial charge in [-0.3, -0.25) is 4.79 Å². The molecule has 4 rings (SSSR count). The van der Waals surface area contributed by atoms with E-state index in [1.165, 1.54) is 0 Å². The Bertz CT molecular complexity index is 1260. The number of hydrogen-bond acceptors (Lipinski definition) is 3. The molecule has 2 N–H and O–H groups in total. The number of rotatable bonds is 4. The summed E-state index contributed by atoms with van der Waals surface area (Å²) in [5, 5.41) is 20.9. The predicted octanol–water partition coefficient (Wildman–Crippen LogP) is 6.77. The van der Waals surface area contributed by atoms with E-state index >= 15 is 0 Å². The van der Waals surface area contributed by atoms with Crippen LogP contribution in [0, 0.1) is 20.8 Å². The number of phenols is 1. The van der Waals surface area contributed by atoms with Crippen molar-refractivity contribution >= 4 is 21.9 Å². The Kier molecular flexibility index (Phi) is 5.73. The standard InChI is InChI=1S/C28H33NO3S/c1-16-11-13-20(14-12-16)25-18(3)26-27-21(9-8-10-23(27)30)19(4)29(33(5,6)7)28(26)17(2)22(25)15-24(31)32/h8-14,19,30H,15H2,1-7H3,(H,31,32). The van der Waals surface area contributed by atoms with Crippen molar-refractivity contribution in [2.45, 2.75) is 40.2 Å². The van der Waals surface area contributed by atoms with Gasteiger partial charge >= 0.3 is 5.97 Å². The summed E-state index contributed by atoms with van der Waals surface area (Å²) in [5.74, 6) is -0.569. The first kappa shape index (κ1) is 23.2. The molecule has 1 atom stereocenters. The molecular weight excluding hydrogens is 430 g/mol. The molecule has 0 radical (unpaired) electrons.